The van der Waals surface area contributed by atoms with Crippen LogP contribution in [0.25, 0.3) is 11.1 Å². The molecule has 2 amide bonds. The second-order valence-electron chi connectivity index (χ2n) is 11.0. The first-order valence-electron chi connectivity index (χ1n) is 15.2. The molecule has 0 fully saturated rings. The van der Waals surface area contributed by atoms with E-state index in [1.807, 2.05) is 42.7 Å². The highest BCUT2D eigenvalue weighted by Crippen LogP contribution is 2.50. The maximum atomic E-state index is 13.8. The highest BCUT2D eigenvalue weighted by molar-refractivity contribution is 7.98. The number of carbonyl (C=O) groups is 2. The zero-order chi connectivity index (χ0) is 33.2. The normalized spacial score (nSPS) is 14.1. The number of thioether (sulfide) groups is 1. The molecule has 1 aliphatic rings. The summed E-state index contributed by atoms with van der Waals surface area (Å²) in [5.41, 5.74) is 4.14. The van der Waals surface area contributed by atoms with Crippen LogP contribution in [0.4, 0.5) is 5.69 Å². The summed E-state index contributed by atoms with van der Waals surface area (Å²) in [4.78, 5) is 39.5. The molecule has 10 nitrogen and oxygen atoms in total. The summed E-state index contributed by atoms with van der Waals surface area (Å²) >= 11 is 1.63. The summed E-state index contributed by atoms with van der Waals surface area (Å²) < 4.78 is 22.4. The maximum Gasteiger partial charge on any atom is 0.242 e. The standard InChI is InChI=1S/C35H43N3O7S/c1-21(39)37-27-13-9-23-19-31(43-3)33(44-4)34(45-5)32(23)25-12-14-28(30(40)20-26(25)27)38-29(16-18-46-6)35(41)36-17-15-22-7-10-24(42-2)11-8-22/h7-8,10-12,14,19-20,27,29H,9,13,15-18H2,1-6H3,(H,36,41)(H,37,39)(H,38,40)/t27-,29-/m0/s1. The van der Waals surface area contributed by atoms with Crippen LogP contribution in [0, 0.1) is 0 Å². The van der Waals surface area contributed by atoms with Crippen molar-refractivity contribution in [3.8, 4) is 34.1 Å². The molecule has 3 aromatic carbocycles. The highest BCUT2D eigenvalue weighted by Gasteiger charge is 2.30. The second-order valence-corrected chi connectivity index (χ2v) is 11.9. The van der Waals surface area contributed by atoms with Gasteiger partial charge in [-0.25, -0.2) is 0 Å². The number of aryl methyl sites for hydroxylation is 1. The van der Waals surface area contributed by atoms with Gasteiger partial charge in [-0.2, -0.15) is 11.8 Å². The van der Waals surface area contributed by atoms with Crippen molar-refractivity contribution in [1.29, 1.82) is 0 Å². The van der Waals surface area contributed by atoms with Crippen LogP contribution >= 0.6 is 11.8 Å². The Hall–Kier alpha value is -4.38. The minimum atomic E-state index is -0.629. The average molecular weight is 650 g/mol. The first kappa shape index (κ1) is 34.5. The van der Waals surface area contributed by atoms with Gasteiger partial charge in [0, 0.05) is 19.0 Å². The molecular formula is C35H43N3O7S. The average Bonchev–Trinajstić information content (AvgIpc) is 3.30. The number of methoxy groups -OCH3 is 4. The van der Waals surface area contributed by atoms with Gasteiger partial charge in [-0.1, -0.05) is 18.2 Å². The summed E-state index contributed by atoms with van der Waals surface area (Å²) in [6.07, 6.45) is 4.31. The van der Waals surface area contributed by atoms with E-state index in [4.69, 9.17) is 18.9 Å². The van der Waals surface area contributed by atoms with Crippen LogP contribution in [-0.4, -0.2) is 64.8 Å². The molecule has 3 aromatic rings. The molecule has 0 radical (unpaired) electrons. The predicted molar refractivity (Wildman–Crippen MR) is 183 cm³/mol. The fourth-order valence-electron chi connectivity index (χ4n) is 5.76. The third kappa shape index (κ3) is 8.06. The van der Waals surface area contributed by atoms with Gasteiger partial charge in [0.15, 0.2) is 11.5 Å². The van der Waals surface area contributed by atoms with E-state index < -0.39 is 12.1 Å². The quantitative estimate of drug-likeness (QED) is 0.227. The van der Waals surface area contributed by atoms with Crippen LogP contribution in [0.2, 0.25) is 0 Å². The zero-order valence-electron chi connectivity index (χ0n) is 27.3. The van der Waals surface area contributed by atoms with E-state index in [9.17, 15) is 14.4 Å². The van der Waals surface area contributed by atoms with E-state index in [-0.39, 0.29) is 22.9 Å². The van der Waals surface area contributed by atoms with Gasteiger partial charge >= 0.3 is 0 Å². The second kappa shape index (κ2) is 16.3. The number of hydrogen-bond acceptors (Lipinski definition) is 9. The van der Waals surface area contributed by atoms with E-state index >= 15 is 0 Å². The van der Waals surface area contributed by atoms with Gasteiger partial charge in [-0.15, -0.1) is 0 Å². The van der Waals surface area contributed by atoms with E-state index in [0.717, 1.165) is 33.8 Å². The predicted octanol–water partition coefficient (Wildman–Crippen LogP) is 4.76. The van der Waals surface area contributed by atoms with Crippen molar-refractivity contribution >= 4 is 29.3 Å². The van der Waals surface area contributed by atoms with Crippen molar-refractivity contribution in [3.05, 3.63) is 75.4 Å². The van der Waals surface area contributed by atoms with Gasteiger partial charge in [0.1, 0.15) is 11.8 Å². The number of fused-ring (bicyclic) bond motifs is 3. The number of amides is 2. The van der Waals surface area contributed by atoms with Gasteiger partial charge in [0.05, 0.1) is 40.2 Å². The summed E-state index contributed by atoms with van der Waals surface area (Å²) in [6, 6.07) is 13.7. The highest BCUT2D eigenvalue weighted by atomic mass is 32.2. The van der Waals surface area contributed by atoms with E-state index in [0.29, 0.717) is 55.0 Å². The number of carbonyl (C=O) groups excluding carboxylic acids is 2. The largest absolute Gasteiger partial charge is 0.497 e. The first-order valence-corrected chi connectivity index (χ1v) is 16.6. The third-order valence-electron chi connectivity index (χ3n) is 8.04. The minimum Gasteiger partial charge on any atom is -0.497 e. The van der Waals surface area contributed by atoms with Crippen LogP contribution in [0.5, 0.6) is 23.0 Å². The summed E-state index contributed by atoms with van der Waals surface area (Å²) in [7, 11) is 6.30. The van der Waals surface area contributed by atoms with E-state index in [1.165, 1.54) is 6.92 Å². The molecule has 4 rings (SSSR count). The minimum absolute atomic E-state index is 0.185. The smallest absolute Gasteiger partial charge is 0.242 e. The summed E-state index contributed by atoms with van der Waals surface area (Å²) in [5.74, 6) is 2.55. The Morgan fingerprint density at radius 2 is 1.70 bits per heavy atom. The topological polar surface area (TPSA) is 124 Å². The fourth-order valence-corrected chi connectivity index (χ4v) is 6.24. The molecule has 0 saturated heterocycles. The number of hydrogen-bond donors (Lipinski definition) is 3. The van der Waals surface area contributed by atoms with Gasteiger partial charge in [0.25, 0.3) is 0 Å². The Morgan fingerprint density at radius 3 is 2.33 bits per heavy atom. The van der Waals surface area contributed by atoms with Crippen molar-refractivity contribution in [2.24, 2.45) is 0 Å². The van der Waals surface area contributed by atoms with Crippen molar-refractivity contribution in [3.63, 3.8) is 0 Å². The number of anilines is 1. The molecule has 3 N–H and O–H groups in total. The molecule has 246 valence electrons. The van der Waals surface area contributed by atoms with Gasteiger partial charge in [-0.05, 0) is 90.3 Å². The van der Waals surface area contributed by atoms with Gasteiger partial charge in [-0.3, -0.25) is 14.4 Å². The van der Waals surface area contributed by atoms with Crippen LogP contribution in [-0.2, 0) is 22.4 Å². The van der Waals surface area contributed by atoms with Crippen LogP contribution in [0.3, 0.4) is 0 Å². The van der Waals surface area contributed by atoms with E-state index in [1.54, 1.807) is 52.3 Å². The Balaban J connectivity index is 1.70. The Morgan fingerprint density at radius 1 is 0.957 bits per heavy atom. The molecule has 0 saturated carbocycles. The number of nitrogens with one attached hydrogen (secondary N) is 3. The number of ether oxygens (including phenoxy) is 4. The third-order valence-corrected chi connectivity index (χ3v) is 8.69. The first-order chi connectivity index (χ1) is 22.2. The molecule has 11 heteroatoms. The molecule has 0 aromatic heterocycles. The lowest BCUT2D eigenvalue weighted by molar-refractivity contribution is -0.122. The van der Waals surface area contributed by atoms with Crippen LogP contribution < -0.4 is 40.3 Å². The summed E-state index contributed by atoms with van der Waals surface area (Å²) in [5, 5.41) is 9.28. The van der Waals surface area contributed by atoms with Crippen molar-refractivity contribution in [2.75, 3.05) is 52.3 Å². The number of rotatable bonds is 14. The molecule has 0 unspecified atom stereocenters. The number of benzene rings is 2. The Kier molecular flexibility index (Phi) is 12.2. The van der Waals surface area contributed by atoms with Crippen LogP contribution in [0.15, 0.2) is 53.3 Å². The van der Waals surface area contributed by atoms with Crippen molar-refractivity contribution < 1.29 is 28.5 Å². The lowest BCUT2D eigenvalue weighted by Crippen LogP contribution is -2.41. The van der Waals surface area contributed by atoms with Gasteiger partial charge < -0.3 is 34.9 Å². The monoisotopic (exact) mass is 649 g/mol. The Bertz CT molecular complexity index is 1600. The fraction of sp³-hybridized carbons (Fsp3) is 0.400. The Labute approximate surface area is 274 Å². The molecule has 0 heterocycles. The molecule has 0 aliphatic heterocycles. The van der Waals surface area contributed by atoms with Gasteiger partial charge in [0.2, 0.25) is 23.0 Å². The molecular weight excluding hydrogens is 606 g/mol. The SMILES string of the molecule is COc1ccc(CCNC(=O)[C@H](CCSC)Nc2ccc3c(cc2=O)[C@@H](NC(C)=O)CCc2cc(OC)c(OC)c(OC)c2-3)cc1. The molecule has 0 bridgehead atoms. The van der Waals surface area contributed by atoms with Crippen LogP contribution in [0.1, 0.15) is 42.5 Å². The molecule has 1 aliphatic carbocycles. The molecule has 2 atom stereocenters. The maximum absolute atomic E-state index is 13.8. The lowest BCUT2D eigenvalue weighted by atomic mass is 9.95. The van der Waals surface area contributed by atoms with E-state index in [2.05, 4.69) is 16.0 Å². The lowest BCUT2D eigenvalue weighted by Gasteiger charge is -2.19. The van der Waals surface area contributed by atoms with Crippen molar-refractivity contribution in [2.45, 2.75) is 44.7 Å². The molecule has 0 spiro atoms. The zero-order valence-corrected chi connectivity index (χ0v) is 28.1. The summed E-state index contributed by atoms with van der Waals surface area (Å²) in [6.45, 7) is 1.91. The van der Waals surface area contributed by atoms with Crippen molar-refractivity contribution in [1.82, 2.24) is 10.6 Å². The molecule has 46 heavy (non-hydrogen) atoms.